The molecule has 8 heteroatoms. The SMILES string of the molecule is CCNc1nc(NCC(C)(C)OCC)cc(C(F)(F)F)n1. The van der Waals surface area contributed by atoms with Gasteiger partial charge in [0.25, 0.3) is 0 Å². The maximum atomic E-state index is 12.8. The molecule has 120 valence electrons. The van der Waals surface area contributed by atoms with Gasteiger partial charge < -0.3 is 15.4 Å². The number of rotatable bonds is 7. The van der Waals surface area contributed by atoms with Gasteiger partial charge in [0.2, 0.25) is 5.95 Å². The van der Waals surface area contributed by atoms with Crippen LogP contribution >= 0.6 is 0 Å². The molecule has 0 bridgehead atoms. The minimum absolute atomic E-state index is 0.0518. The van der Waals surface area contributed by atoms with Gasteiger partial charge in [-0.3, -0.25) is 0 Å². The van der Waals surface area contributed by atoms with Gasteiger partial charge in [0, 0.05) is 25.8 Å². The smallest absolute Gasteiger partial charge is 0.374 e. The highest BCUT2D eigenvalue weighted by Crippen LogP contribution is 2.29. The average molecular weight is 306 g/mol. The predicted octanol–water partition coefficient (Wildman–Crippen LogP) is 3.15. The number of anilines is 2. The summed E-state index contributed by atoms with van der Waals surface area (Å²) in [7, 11) is 0. The molecule has 0 fully saturated rings. The van der Waals surface area contributed by atoms with Crippen molar-refractivity contribution < 1.29 is 17.9 Å². The van der Waals surface area contributed by atoms with Crippen LogP contribution in [0, 0.1) is 0 Å². The van der Waals surface area contributed by atoms with E-state index in [-0.39, 0.29) is 11.8 Å². The van der Waals surface area contributed by atoms with E-state index in [4.69, 9.17) is 4.74 Å². The number of nitrogens with one attached hydrogen (secondary N) is 2. The van der Waals surface area contributed by atoms with Gasteiger partial charge in [-0.2, -0.15) is 18.2 Å². The first-order valence-electron chi connectivity index (χ1n) is 6.76. The third-order valence-corrected chi connectivity index (χ3v) is 2.58. The molecule has 0 radical (unpaired) electrons. The molecule has 0 aliphatic rings. The Morgan fingerprint density at radius 1 is 1.14 bits per heavy atom. The van der Waals surface area contributed by atoms with Crippen molar-refractivity contribution in [3.63, 3.8) is 0 Å². The molecule has 0 atom stereocenters. The van der Waals surface area contributed by atoms with Gasteiger partial charge in [0.15, 0.2) is 5.69 Å². The standard InChI is InChI=1S/C13H21F3N4O/c1-5-17-11-19-9(13(14,15)16)7-10(20-11)18-8-12(3,4)21-6-2/h7H,5-6,8H2,1-4H3,(H2,17,18,19,20). The van der Waals surface area contributed by atoms with Crippen molar-refractivity contribution in [1.29, 1.82) is 0 Å². The van der Waals surface area contributed by atoms with Gasteiger partial charge in [-0.25, -0.2) is 4.98 Å². The number of ether oxygens (including phenoxy) is 1. The fourth-order valence-corrected chi connectivity index (χ4v) is 1.67. The minimum atomic E-state index is -4.51. The first-order chi connectivity index (χ1) is 9.68. The van der Waals surface area contributed by atoms with Crippen LogP contribution in [0.4, 0.5) is 24.9 Å². The summed E-state index contributed by atoms with van der Waals surface area (Å²) in [6.45, 7) is 8.61. The maximum Gasteiger partial charge on any atom is 0.433 e. The Bertz CT molecular complexity index is 463. The fraction of sp³-hybridized carbons (Fsp3) is 0.692. The monoisotopic (exact) mass is 306 g/mol. The summed E-state index contributed by atoms with van der Waals surface area (Å²) in [6, 6.07) is 0.892. The van der Waals surface area contributed by atoms with Crippen molar-refractivity contribution in [1.82, 2.24) is 9.97 Å². The minimum Gasteiger partial charge on any atom is -0.374 e. The van der Waals surface area contributed by atoms with E-state index >= 15 is 0 Å². The normalized spacial score (nSPS) is 12.3. The van der Waals surface area contributed by atoms with Gasteiger partial charge in [-0.05, 0) is 27.7 Å². The van der Waals surface area contributed by atoms with Crippen LogP contribution < -0.4 is 10.6 Å². The zero-order valence-electron chi connectivity index (χ0n) is 12.6. The van der Waals surface area contributed by atoms with E-state index in [0.717, 1.165) is 6.07 Å². The Kier molecular flexibility index (Phi) is 5.77. The summed E-state index contributed by atoms with van der Waals surface area (Å²) in [5, 5.41) is 5.55. The Hall–Kier alpha value is -1.57. The lowest BCUT2D eigenvalue weighted by Crippen LogP contribution is -2.33. The van der Waals surface area contributed by atoms with Gasteiger partial charge in [-0.1, -0.05) is 0 Å². The van der Waals surface area contributed by atoms with Crippen molar-refractivity contribution in [2.45, 2.75) is 39.5 Å². The first kappa shape index (κ1) is 17.5. The van der Waals surface area contributed by atoms with Crippen LogP contribution in [0.25, 0.3) is 0 Å². The van der Waals surface area contributed by atoms with E-state index in [1.165, 1.54) is 0 Å². The van der Waals surface area contributed by atoms with Crippen LogP contribution in [0.2, 0.25) is 0 Å². The zero-order valence-corrected chi connectivity index (χ0v) is 12.6. The van der Waals surface area contributed by atoms with Gasteiger partial charge in [-0.15, -0.1) is 0 Å². The summed E-state index contributed by atoms with van der Waals surface area (Å²) in [4.78, 5) is 7.47. The highest BCUT2D eigenvalue weighted by Gasteiger charge is 2.33. The molecule has 1 aromatic rings. The van der Waals surface area contributed by atoms with E-state index < -0.39 is 17.5 Å². The largest absolute Gasteiger partial charge is 0.433 e. The maximum absolute atomic E-state index is 12.8. The second kappa shape index (κ2) is 6.93. The van der Waals surface area contributed by atoms with E-state index in [9.17, 15) is 13.2 Å². The van der Waals surface area contributed by atoms with E-state index in [2.05, 4.69) is 20.6 Å². The molecule has 0 aliphatic carbocycles. The number of alkyl halides is 3. The molecule has 0 saturated carbocycles. The molecule has 0 aliphatic heterocycles. The molecular weight excluding hydrogens is 285 g/mol. The van der Waals surface area contributed by atoms with Crippen molar-refractivity contribution in [2.24, 2.45) is 0 Å². The molecule has 0 spiro atoms. The van der Waals surface area contributed by atoms with Crippen LogP contribution in [0.3, 0.4) is 0 Å². The molecule has 0 saturated heterocycles. The van der Waals surface area contributed by atoms with E-state index in [0.29, 0.717) is 19.7 Å². The van der Waals surface area contributed by atoms with Crippen molar-refractivity contribution in [3.8, 4) is 0 Å². The number of hydrogen-bond donors (Lipinski definition) is 2. The Morgan fingerprint density at radius 2 is 1.81 bits per heavy atom. The Morgan fingerprint density at radius 3 is 2.33 bits per heavy atom. The quantitative estimate of drug-likeness (QED) is 0.810. The number of nitrogens with zero attached hydrogens (tertiary/aromatic N) is 2. The molecule has 1 aromatic heterocycles. The lowest BCUT2D eigenvalue weighted by Gasteiger charge is -2.25. The molecule has 2 N–H and O–H groups in total. The molecular formula is C13H21F3N4O. The van der Waals surface area contributed by atoms with Crippen molar-refractivity contribution >= 4 is 11.8 Å². The van der Waals surface area contributed by atoms with Gasteiger partial charge in [0.1, 0.15) is 5.82 Å². The van der Waals surface area contributed by atoms with Crippen LogP contribution in [-0.4, -0.2) is 35.3 Å². The zero-order chi connectivity index (χ0) is 16.1. The molecule has 0 amide bonds. The van der Waals surface area contributed by atoms with Gasteiger partial charge in [0.05, 0.1) is 5.60 Å². The summed E-state index contributed by atoms with van der Waals surface area (Å²) in [6.07, 6.45) is -4.51. The fourth-order valence-electron chi connectivity index (χ4n) is 1.67. The number of halogens is 3. The number of aromatic nitrogens is 2. The molecule has 0 unspecified atom stereocenters. The van der Waals surface area contributed by atoms with Crippen molar-refractivity contribution in [3.05, 3.63) is 11.8 Å². The summed E-state index contributed by atoms with van der Waals surface area (Å²) in [5.74, 6) is 0.0603. The second-order valence-corrected chi connectivity index (χ2v) is 5.04. The summed E-state index contributed by atoms with van der Waals surface area (Å²) in [5.41, 5.74) is -1.48. The van der Waals surface area contributed by atoms with Crippen LogP contribution in [0.1, 0.15) is 33.4 Å². The first-order valence-corrected chi connectivity index (χ1v) is 6.76. The molecule has 1 rings (SSSR count). The average Bonchev–Trinajstić information content (AvgIpc) is 2.36. The molecule has 0 aromatic carbocycles. The van der Waals surface area contributed by atoms with E-state index in [1.807, 2.05) is 20.8 Å². The lowest BCUT2D eigenvalue weighted by molar-refractivity contribution is -0.141. The summed E-state index contributed by atoms with van der Waals surface area (Å²) < 4.78 is 43.9. The van der Waals surface area contributed by atoms with Crippen LogP contribution in [-0.2, 0) is 10.9 Å². The summed E-state index contributed by atoms with van der Waals surface area (Å²) >= 11 is 0. The van der Waals surface area contributed by atoms with Crippen LogP contribution in [0.5, 0.6) is 0 Å². The van der Waals surface area contributed by atoms with E-state index in [1.54, 1.807) is 6.92 Å². The third kappa shape index (κ3) is 5.74. The predicted molar refractivity (Wildman–Crippen MR) is 75.4 cm³/mol. The second-order valence-electron chi connectivity index (χ2n) is 5.04. The Balaban J connectivity index is 2.93. The topological polar surface area (TPSA) is 59.1 Å². The van der Waals surface area contributed by atoms with Gasteiger partial charge >= 0.3 is 6.18 Å². The number of hydrogen-bond acceptors (Lipinski definition) is 5. The van der Waals surface area contributed by atoms with Crippen LogP contribution in [0.15, 0.2) is 6.07 Å². The third-order valence-electron chi connectivity index (χ3n) is 2.58. The van der Waals surface area contributed by atoms with Crippen molar-refractivity contribution in [2.75, 3.05) is 30.3 Å². The highest BCUT2D eigenvalue weighted by atomic mass is 19.4. The highest BCUT2D eigenvalue weighted by molar-refractivity contribution is 5.43. The Labute approximate surface area is 122 Å². The molecule has 5 nitrogen and oxygen atoms in total. The lowest BCUT2D eigenvalue weighted by atomic mass is 10.1. The molecule has 21 heavy (non-hydrogen) atoms. The molecule has 1 heterocycles.